The number of alkyl halides is 2. The number of carbonyl (C=O) groups excluding carboxylic acids is 2. The molecular weight excluding hydrogens is 470 g/mol. The predicted molar refractivity (Wildman–Crippen MR) is 111 cm³/mol. The van der Waals surface area contributed by atoms with Gasteiger partial charge in [-0.2, -0.15) is 13.1 Å². The van der Waals surface area contributed by atoms with Crippen LogP contribution in [0.15, 0.2) is 47.4 Å². The van der Waals surface area contributed by atoms with Crippen molar-refractivity contribution in [3.63, 3.8) is 0 Å². The monoisotopic (exact) mass is 488 g/mol. The van der Waals surface area contributed by atoms with Crippen molar-refractivity contribution in [2.45, 2.75) is 24.3 Å². The molecule has 0 saturated carbocycles. The number of nitrogens with zero attached hydrogens (tertiary/aromatic N) is 1. The average Bonchev–Trinajstić information content (AvgIpc) is 3.29. The molecule has 3 rings (SSSR count). The summed E-state index contributed by atoms with van der Waals surface area (Å²) in [4.78, 5) is 24.1. The summed E-state index contributed by atoms with van der Waals surface area (Å²) in [7, 11) is -3.85. The molecule has 172 valence electrons. The smallest absolute Gasteiger partial charge is 0.387 e. The number of sulfonamides is 1. The SMILES string of the molecule is O=C(COC(=O)c1ccc(Cl)c(S(=O)(=O)N2CCCC2)c1)Nc1ccc(OC(F)F)cc1. The highest BCUT2D eigenvalue weighted by atomic mass is 35.5. The van der Waals surface area contributed by atoms with Crippen molar-refractivity contribution in [3.05, 3.63) is 53.1 Å². The fourth-order valence-electron chi connectivity index (χ4n) is 3.03. The average molecular weight is 489 g/mol. The number of benzene rings is 2. The first-order valence-corrected chi connectivity index (χ1v) is 11.3. The molecule has 0 bridgehead atoms. The fraction of sp³-hybridized carbons (Fsp3) is 0.300. The number of carbonyl (C=O) groups is 2. The highest BCUT2D eigenvalue weighted by molar-refractivity contribution is 7.89. The second-order valence-electron chi connectivity index (χ2n) is 6.78. The van der Waals surface area contributed by atoms with Gasteiger partial charge in [-0.25, -0.2) is 13.2 Å². The maximum atomic E-state index is 12.8. The Balaban J connectivity index is 1.60. The van der Waals surface area contributed by atoms with E-state index in [1.54, 1.807) is 0 Å². The van der Waals surface area contributed by atoms with E-state index in [-0.39, 0.29) is 26.9 Å². The Morgan fingerprint density at radius 2 is 1.75 bits per heavy atom. The zero-order valence-corrected chi connectivity index (χ0v) is 18.2. The van der Waals surface area contributed by atoms with E-state index in [2.05, 4.69) is 10.1 Å². The molecule has 1 aliphatic heterocycles. The molecule has 12 heteroatoms. The van der Waals surface area contributed by atoms with E-state index in [1.165, 1.54) is 40.7 Å². The van der Waals surface area contributed by atoms with Gasteiger partial charge in [-0.05, 0) is 55.3 Å². The van der Waals surface area contributed by atoms with Crippen LogP contribution in [0.25, 0.3) is 0 Å². The Kier molecular flexibility index (Phi) is 7.64. The Hall–Kier alpha value is -2.76. The number of rotatable bonds is 8. The lowest BCUT2D eigenvalue weighted by atomic mass is 10.2. The summed E-state index contributed by atoms with van der Waals surface area (Å²) < 4.78 is 60.3. The molecule has 0 spiro atoms. The lowest BCUT2D eigenvalue weighted by Gasteiger charge is -2.17. The zero-order valence-electron chi connectivity index (χ0n) is 16.6. The van der Waals surface area contributed by atoms with Crippen molar-refractivity contribution in [2.75, 3.05) is 25.0 Å². The highest BCUT2D eigenvalue weighted by Crippen LogP contribution is 2.28. The minimum absolute atomic E-state index is 0.0227. The van der Waals surface area contributed by atoms with Crippen molar-refractivity contribution in [3.8, 4) is 5.75 Å². The number of amides is 1. The molecule has 0 aromatic heterocycles. The number of hydrogen-bond acceptors (Lipinski definition) is 6. The van der Waals surface area contributed by atoms with Crippen LogP contribution in [0.1, 0.15) is 23.2 Å². The molecule has 0 atom stereocenters. The van der Waals surface area contributed by atoms with Crippen molar-refractivity contribution >= 4 is 39.2 Å². The largest absolute Gasteiger partial charge is 0.452 e. The van der Waals surface area contributed by atoms with Crippen LogP contribution in [0.4, 0.5) is 14.5 Å². The first-order valence-electron chi connectivity index (χ1n) is 9.48. The first-order chi connectivity index (χ1) is 15.2. The molecule has 8 nitrogen and oxygen atoms in total. The fourth-order valence-corrected chi connectivity index (χ4v) is 5.04. The summed E-state index contributed by atoms with van der Waals surface area (Å²) in [6.45, 7) is -2.86. The molecule has 1 aliphatic rings. The van der Waals surface area contributed by atoms with Gasteiger partial charge in [0.25, 0.3) is 5.91 Å². The van der Waals surface area contributed by atoms with Crippen LogP contribution >= 0.6 is 11.6 Å². The van der Waals surface area contributed by atoms with Gasteiger partial charge in [0.05, 0.1) is 10.6 Å². The molecule has 1 saturated heterocycles. The summed E-state index contributed by atoms with van der Waals surface area (Å²) >= 11 is 6.05. The van der Waals surface area contributed by atoms with Crippen LogP contribution in [0.2, 0.25) is 5.02 Å². The first kappa shape index (κ1) is 23.9. The summed E-state index contributed by atoms with van der Waals surface area (Å²) in [6, 6.07) is 8.86. The van der Waals surface area contributed by atoms with Gasteiger partial charge < -0.3 is 14.8 Å². The molecule has 0 unspecified atom stereocenters. The van der Waals surface area contributed by atoms with Gasteiger partial charge in [-0.1, -0.05) is 11.6 Å². The molecule has 1 amide bonds. The van der Waals surface area contributed by atoms with E-state index in [9.17, 15) is 26.8 Å². The van der Waals surface area contributed by atoms with Crippen LogP contribution in [0.5, 0.6) is 5.75 Å². The molecule has 1 heterocycles. The molecule has 2 aromatic carbocycles. The van der Waals surface area contributed by atoms with E-state index in [4.69, 9.17) is 16.3 Å². The summed E-state index contributed by atoms with van der Waals surface area (Å²) in [6.07, 6.45) is 1.49. The van der Waals surface area contributed by atoms with Crippen LogP contribution in [-0.4, -0.2) is 50.9 Å². The Bertz CT molecular complexity index is 1090. The Labute approximate surface area is 188 Å². The van der Waals surface area contributed by atoms with Gasteiger partial charge in [0, 0.05) is 18.8 Å². The van der Waals surface area contributed by atoms with E-state index < -0.39 is 35.1 Å². The standard InChI is InChI=1S/C20H19ClF2N2O6S/c21-16-8-3-13(11-17(16)32(28,29)25-9-1-2-10-25)19(27)30-12-18(26)24-14-4-6-15(7-5-14)31-20(22)23/h3-8,11,20H,1-2,9-10,12H2,(H,24,26). The number of anilines is 1. The number of halogens is 3. The van der Waals surface area contributed by atoms with Crippen LogP contribution < -0.4 is 10.1 Å². The van der Waals surface area contributed by atoms with E-state index >= 15 is 0 Å². The van der Waals surface area contributed by atoms with Gasteiger partial charge in [-0.3, -0.25) is 4.79 Å². The molecule has 32 heavy (non-hydrogen) atoms. The van der Waals surface area contributed by atoms with Crippen molar-refractivity contribution in [2.24, 2.45) is 0 Å². The third-order valence-electron chi connectivity index (χ3n) is 4.55. The molecular formula is C20H19ClF2N2O6S. The lowest BCUT2D eigenvalue weighted by Crippen LogP contribution is -2.28. The number of hydrogen-bond donors (Lipinski definition) is 1. The number of nitrogens with one attached hydrogen (secondary N) is 1. The Morgan fingerprint density at radius 1 is 1.09 bits per heavy atom. The van der Waals surface area contributed by atoms with Crippen LogP contribution in [0, 0.1) is 0 Å². The van der Waals surface area contributed by atoms with Gasteiger partial charge in [0.15, 0.2) is 6.61 Å². The quantitative estimate of drug-likeness (QED) is 0.570. The Morgan fingerprint density at radius 3 is 2.38 bits per heavy atom. The number of esters is 1. The van der Waals surface area contributed by atoms with Crippen molar-refractivity contribution in [1.82, 2.24) is 4.31 Å². The van der Waals surface area contributed by atoms with Gasteiger partial charge >= 0.3 is 12.6 Å². The molecule has 1 fully saturated rings. The second kappa shape index (κ2) is 10.2. The second-order valence-corrected chi connectivity index (χ2v) is 9.10. The summed E-state index contributed by atoms with van der Waals surface area (Å²) in [5.41, 5.74) is 0.201. The minimum atomic E-state index is -3.85. The third kappa shape index (κ3) is 5.93. The van der Waals surface area contributed by atoms with E-state index in [0.29, 0.717) is 13.1 Å². The highest BCUT2D eigenvalue weighted by Gasteiger charge is 2.30. The van der Waals surface area contributed by atoms with E-state index in [1.807, 2.05) is 0 Å². The third-order valence-corrected chi connectivity index (χ3v) is 6.93. The maximum Gasteiger partial charge on any atom is 0.387 e. The van der Waals surface area contributed by atoms with Gasteiger partial charge in [0.1, 0.15) is 10.6 Å². The van der Waals surface area contributed by atoms with Gasteiger partial charge in [0.2, 0.25) is 10.0 Å². The molecule has 0 radical (unpaired) electrons. The van der Waals surface area contributed by atoms with Crippen molar-refractivity contribution in [1.29, 1.82) is 0 Å². The minimum Gasteiger partial charge on any atom is -0.452 e. The summed E-state index contributed by atoms with van der Waals surface area (Å²) in [5.74, 6) is -1.66. The topological polar surface area (TPSA) is 102 Å². The molecule has 2 aromatic rings. The van der Waals surface area contributed by atoms with E-state index in [0.717, 1.165) is 18.9 Å². The summed E-state index contributed by atoms with van der Waals surface area (Å²) in [5, 5.41) is 2.41. The van der Waals surface area contributed by atoms with Gasteiger partial charge in [-0.15, -0.1) is 0 Å². The predicted octanol–water partition coefficient (Wildman–Crippen LogP) is 3.52. The van der Waals surface area contributed by atoms with Crippen LogP contribution in [0.3, 0.4) is 0 Å². The van der Waals surface area contributed by atoms with Crippen molar-refractivity contribution < 1.29 is 36.3 Å². The molecule has 0 aliphatic carbocycles. The lowest BCUT2D eigenvalue weighted by molar-refractivity contribution is -0.119. The zero-order chi connectivity index (χ0) is 23.3. The maximum absolute atomic E-state index is 12.8. The molecule has 1 N–H and O–H groups in total. The normalized spacial score (nSPS) is 14.4. The van der Waals surface area contributed by atoms with Crippen LogP contribution in [-0.2, 0) is 19.6 Å². The number of ether oxygens (including phenoxy) is 2.